The Kier molecular flexibility index (Phi) is 2.06. The first-order chi connectivity index (χ1) is 4.93. The molecule has 2 heteroatoms. The zero-order chi connectivity index (χ0) is 8.65. The number of hydrogen-bond acceptors (Lipinski definition) is 0. The summed E-state index contributed by atoms with van der Waals surface area (Å²) in [7, 11) is -0.604. The molecule has 0 spiro atoms. The normalized spacial score (nSPS) is 13.5. The molecule has 11 heavy (non-hydrogen) atoms. The minimum absolute atomic E-state index is 0.604. The first-order valence-electron chi connectivity index (χ1n) is 3.77. The minimum Gasteiger partial charge on any atom is -0.313 e. The van der Waals surface area contributed by atoms with Crippen LogP contribution in [-0.2, 0) is 0 Å². The maximum absolute atomic E-state index is 2.44. The Hall–Kier alpha value is -0.370. The van der Waals surface area contributed by atoms with Gasteiger partial charge in [-0.3, -0.25) is 0 Å². The third kappa shape index (κ3) is 1.62. The zero-order valence-electron chi connectivity index (χ0n) is 8.01. The van der Waals surface area contributed by atoms with Crippen LogP contribution in [0.3, 0.4) is 0 Å². The molecule has 0 unspecified atom stereocenters. The lowest BCUT2D eigenvalue weighted by atomic mass is 10.5. The van der Waals surface area contributed by atoms with Crippen LogP contribution < -0.4 is 0 Å². The molecule has 0 radical (unpaired) electrons. The molecule has 0 fully saturated rings. The Morgan fingerprint density at radius 3 is 1.55 bits per heavy atom. The topological polar surface area (TPSA) is 4.93 Å². The van der Waals surface area contributed by atoms with Gasteiger partial charge in [0, 0.05) is 11.4 Å². The van der Waals surface area contributed by atoms with Crippen molar-refractivity contribution >= 4 is 10.2 Å². The summed E-state index contributed by atoms with van der Waals surface area (Å²) in [5, 5.41) is 0. The molecular formula is C9H17NS. The summed E-state index contributed by atoms with van der Waals surface area (Å²) in [4.78, 5) is 0. The monoisotopic (exact) mass is 171 g/mol. The van der Waals surface area contributed by atoms with Crippen molar-refractivity contribution in [3.8, 4) is 0 Å². The van der Waals surface area contributed by atoms with E-state index in [2.05, 4.69) is 48.7 Å². The van der Waals surface area contributed by atoms with Crippen molar-refractivity contribution in [2.75, 3.05) is 18.8 Å². The molecule has 0 bridgehead atoms. The molecule has 1 nitrogen and oxygen atoms in total. The van der Waals surface area contributed by atoms with E-state index in [1.165, 1.54) is 11.4 Å². The Morgan fingerprint density at radius 2 is 1.36 bits per heavy atom. The molecule has 0 saturated heterocycles. The molecule has 1 aromatic heterocycles. The van der Waals surface area contributed by atoms with Crippen LogP contribution in [-0.4, -0.2) is 22.7 Å². The molecule has 0 aromatic carbocycles. The molecule has 0 saturated carbocycles. The summed E-state index contributed by atoms with van der Waals surface area (Å²) in [6.45, 7) is 4.34. The van der Waals surface area contributed by atoms with E-state index in [9.17, 15) is 0 Å². The van der Waals surface area contributed by atoms with Crippen LogP contribution in [0.25, 0.3) is 0 Å². The summed E-state index contributed by atoms with van der Waals surface area (Å²) in [6.07, 6.45) is 6.94. The van der Waals surface area contributed by atoms with Gasteiger partial charge < -0.3 is 3.97 Å². The lowest BCUT2D eigenvalue weighted by Gasteiger charge is -2.31. The van der Waals surface area contributed by atoms with E-state index in [1.54, 1.807) is 0 Å². The molecule has 1 heterocycles. The average Bonchev–Trinajstić information content (AvgIpc) is 2.08. The lowest BCUT2D eigenvalue weighted by Crippen LogP contribution is -2.08. The van der Waals surface area contributed by atoms with Crippen LogP contribution in [0.1, 0.15) is 11.4 Å². The summed E-state index contributed by atoms with van der Waals surface area (Å²) in [6, 6.07) is 4.38. The summed E-state index contributed by atoms with van der Waals surface area (Å²) in [5.74, 6) is 0. The van der Waals surface area contributed by atoms with Crippen LogP contribution in [0.5, 0.6) is 0 Å². The Morgan fingerprint density at radius 1 is 1.00 bits per heavy atom. The third-order valence-corrected chi connectivity index (χ3v) is 3.43. The molecule has 1 rings (SSSR count). The van der Waals surface area contributed by atoms with Crippen LogP contribution >= 0.6 is 10.2 Å². The Bertz CT molecular complexity index is 236. The zero-order valence-corrected chi connectivity index (χ0v) is 8.83. The maximum atomic E-state index is 2.44. The van der Waals surface area contributed by atoms with Crippen LogP contribution in [0.2, 0.25) is 0 Å². The maximum Gasteiger partial charge on any atom is 0.0247 e. The SMILES string of the molecule is Cc1ccc(C)n1S(C)(C)C. The van der Waals surface area contributed by atoms with Gasteiger partial charge in [0.25, 0.3) is 0 Å². The van der Waals surface area contributed by atoms with Gasteiger partial charge in [-0.05, 0) is 44.7 Å². The summed E-state index contributed by atoms with van der Waals surface area (Å²) in [5.41, 5.74) is 2.76. The van der Waals surface area contributed by atoms with Gasteiger partial charge in [0.15, 0.2) is 0 Å². The van der Waals surface area contributed by atoms with E-state index in [4.69, 9.17) is 0 Å². The highest BCUT2D eigenvalue weighted by molar-refractivity contribution is 8.30. The van der Waals surface area contributed by atoms with Crippen LogP contribution in [0.4, 0.5) is 0 Å². The van der Waals surface area contributed by atoms with E-state index < -0.39 is 10.2 Å². The van der Waals surface area contributed by atoms with Crippen molar-refractivity contribution in [3.63, 3.8) is 0 Å². The largest absolute Gasteiger partial charge is 0.313 e. The molecular weight excluding hydrogens is 154 g/mol. The average molecular weight is 171 g/mol. The number of nitrogens with zero attached hydrogens (tertiary/aromatic N) is 1. The van der Waals surface area contributed by atoms with Crippen LogP contribution in [0, 0.1) is 13.8 Å². The van der Waals surface area contributed by atoms with E-state index in [1.807, 2.05) is 0 Å². The summed E-state index contributed by atoms with van der Waals surface area (Å²) < 4.78 is 2.44. The van der Waals surface area contributed by atoms with Gasteiger partial charge in [0.2, 0.25) is 0 Å². The van der Waals surface area contributed by atoms with E-state index >= 15 is 0 Å². The van der Waals surface area contributed by atoms with E-state index in [0.717, 1.165) is 0 Å². The first kappa shape index (κ1) is 8.72. The molecule has 1 aromatic rings. The molecule has 0 aliphatic heterocycles. The second-order valence-electron chi connectivity index (χ2n) is 3.68. The van der Waals surface area contributed by atoms with Gasteiger partial charge in [-0.2, -0.15) is 10.2 Å². The molecule has 0 atom stereocenters. The molecule has 64 valence electrons. The highest BCUT2D eigenvalue weighted by atomic mass is 32.3. The van der Waals surface area contributed by atoms with E-state index in [0.29, 0.717) is 0 Å². The molecule has 0 aliphatic rings. The second-order valence-corrected chi connectivity index (χ2v) is 7.59. The number of rotatable bonds is 1. The third-order valence-electron chi connectivity index (χ3n) is 1.75. The quantitative estimate of drug-likeness (QED) is 0.612. The van der Waals surface area contributed by atoms with E-state index in [-0.39, 0.29) is 0 Å². The van der Waals surface area contributed by atoms with Gasteiger partial charge in [0.05, 0.1) is 0 Å². The standard InChI is InChI=1S/C9H17NS/c1-8-6-7-9(2)10(8)11(3,4)5/h6-7H,1-5H3. The van der Waals surface area contributed by atoms with Gasteiger partial charge in [0.1, 0.15) is 0 Å². The van der Waals surface area contributed by atoms with Crippen molar-refractivity contribution in [1.29, 1.82) is 0 Å². The molecule has 0 N–H and O–H groups in total. The highest BCUT2D eigenvalue weighted by Gasteiger charge is 2.10. The highest BCUT2D eigenvalue weighted by Crippen LogP contribution is 2.39. The van der Waals surface area contributed by atoms with Crippen molar-refractivity contribution in [3.05, 3.63) is 23.5 Å². The van der Waals surface area contributed by atoms with Crippen molar-refractivity contribution in [2.45, 2.75) is 13.8 Å². The Labute approximate surface area is 70.9 Å². The fourth-order valence-electron chi connectivity index (χ4n) is 1.52. The van der Waals surface area contributed by atoms with Gasteiger partial charge in [-0.1, -0.05) is 0 Å². The smallest absolute Gasteiger partial charge is 0.0247 e. The summed E-state index contributed by atoms with van der Waals surface area (Å²) >= 11 is 0. The fraction of sp³-hybridized carbons (Fsp3) is 0.556. The van der Waals surface area contributed by atoms with Gasteiger partial charge in [-0.15, -0.1) is 0 Å². The van der Waals surface area contributed by atoms with Crippen molar-refractivity contribution in [2.24, 2.45) is 0 Å². The number of aromatic nitrogens is 1. The minimum atomic E-state index is -0.604. The Balaban J connectivity index is 3.21. The fourth-order valence-corrected chi connectivity index (χ4v) is 3.37. The predicted molar refractivity (Wildman–Crippen MR) is 54.7 cm³/mol. The molecule has 0 aliphatic carbocycles. The van der Waals surface area contributed by atoms with Crippen molar-refractivity contribution in [1.82, 2.24) is 3.97 Å². The van der Waals surface area contributed by atoms with Crippen molar-refractivity contribution < 1.29 is 0 Å². The first-order valence-corrected chi connectivity index (χ1v) is 6.58. The van der Waals surface area contributed by atoms with Gasteiger partial charge in [-0.25, -0.2) is 0 Å². The lowest BCUT2D eigenvalue weighted by molar-refractivity contribution is 1.09. The predicted octanol–water partition coefficient (Wildman–Crippen LogP) is 2.56. The molecule has 0 amide bonds. The number of aryl methyl sites for hydroxylation is 2. The second kappa shape index (κ2) is 2.59. The van der Waals surface area contributed by atoms with Crippen LogP contribution in [0.15, 0.2) is 12.1 Å². The number of hydrogen-bond donors (Lipinski definition) is 0. The van der Waals surface area contributed by atoms with Gasteiger partial charge >= 0.3 is 0 Å².